The zero-order chi connectivity index (χ0) is 16.4. The maximum absolute atomic E-state index is 5.54. The molecule has 1 atom stereocenters. The fourth-order valence-corrected chi connectivity index (χ4v) is 3.36. The summed E-state index contributed by atoms with van der Waals surface area (Å²) in [5.74, 6) is 2.20. The highest BCUT2D eigenvalue weighted by Gasteiger charge is 2.26. The number of piperazine rings is 1. The number of ether oxygens (including phenoxy) is 3. The molecule has 1 fully saturated rings. The SMILES string of the molecule is COc1cc(CN2CCNCC2c2ccncc2)cc2c1OCO2. The van der Waals surface area contributed by atoms with E-state index in [1.54, 1.807) is 7.11 Å². The van der Waals surface area contributed by atoms with Crippen LogP contribution < -0.4 is 19.5 Å². The van der Waals surface area contributed by atoms with Crippen molar-refractivity contribution in [1.29, 1.82) is 0 Å². The summed E-state index contributed by atoms with van der Waals surface area (Å²) in [6.45, 7) is 4.00. The van der Waals surface area contributed by atoms with E-state index in [9.17, 15) is 0 Å². The maximum atomic E-state index is 5.54. The predicted molar refractivity (Wildman–Crippen MR) is 89.4 cm³/mol. The monoisotopic (exact) mass is 327 g/mol. The van der Waals surface area contributed by atoms with E-state index in [0.29, 0.717) is 11.8 Å². The molecule has 0 amide bonds. The van der Waals surface area contributed by atoms with E-state index in [2.05, 4.69) is 33.4 Å². The highest BCUT2D eigenvalue weighted by Crippen LogP contribution is 2.42. The maximum Gasteiger partial charge on any atom is 0.231 e. The Morgan fingerprint density at radius 2 is 2.17 bits per heavy atom. The molecule has 1 aromatic heterocycles. The third kappa shape index (κ3) is 2.90. The Morgan fingerprint density at radius 1 is 1.29 bits per heavy atom. The van der Waals surface area contributed by atoms with Crippen LogP contribution in [0.2, 0.25) is 0 Å². The molecule has 2 aromatic rings. The summed E-state index contributed by atoms with van der Waals surface area (Å²) in [5.41, 5.74) is 2.45. The first kappa shape index (κ1) is 15.2. The first-order valence-electron chi connectivity index (χ1n) is 8.16. The van der Waals surface area contributed by atoms with Gasteiger partial charge in [-0.2, -0.15) is 0 Å². The largest absolute Gasteiger partial charge is 0.493 e. The second-order valence-corrected chi connectivity index (χ2v) is 6.00. The molecule has 0 bridgehead atoms. The molecule has 6 heteroatoms. The van der Waals surface area contributed by atoms with Crippen molar-refractivity contribution in [2.75, 3.05) is 33.5 Å². The molecule has 0 saturated carbocycles. The number of pyridine rings is 1. The van der Waals surface area contributed by atoms with Crippen molar-refractivity contribution in [2.45, 2.75) is 12.6 Å². The first-order chi connectivity index (χ1) is 11.8. The third-order valence-corrected chi connectivity index (χ3v) is 4.55. The van der Waals surface area contributed by atoms with Gasteiger partial charge < -0.3 is 19.5 Å². The number of methoxy groups -OCH3 is 1. The Bertz CT molecular complexity index is 708. The van der Waals surface area contributed by atoms with Crippen molar-refractivity contribution < 1.29 is 14.2 Å². The fraction of sp³-hybridized carbons (Fsp3) is 0.389. The molecule has 2 aliphatic rings. The summed E-state index contributed by atoms with van der Waals surface area (Å²) in [7, 11) is 1.66. The van der Waals surface area contributed by atoms with E-state index in [1.807, 2.05) is 18.5 Å². The lowest BCUT2D eigenvalue weighted by Crippen LogP contribution is -2.45. The van der Waals surface area contributed by atoms with Crippen LogP contribution in [0.15, 0.2) is 36.7 Å². The fourth-order valence-electron chi connectivity index (χ4n) is 3.36. The van der Waals surface area contributed by atoms with E-state index in [-0.39, 0.29) is 6.79 Å². The number of hydrogen-bond acceptors (Lipinski definition) is 6. The van der Waals surface area contributed by atoms with Gasteiger partial charge >= 0.3 is 0 Å². The molecule has 1 N–H and O–H groups in total. The van der Waals surface area contributed by atoms with Crippen molar-refractivity contribution in [3.8, 4) is 17.2 Å². The zero-order valence-electron chi connectivity index (χ0n) is 13.7. The van der Waals surface area contributed by atoms with Crippen LogP contribution >= 0.6 is 0 Å². The Kier molecular flexibility index (Phi) is 4.23. The number of hydrogen-bond donors (Lipinski definition) is 1. The topological polar surface area (TPSA) is 55.9 Å². The highest BCUT2D eigenvalue weighted by molar-refractivity contribution is 5.55. The molecule has 4 rings (SSSR count). The summed E-state index contributed by atoms with van der Waals surface area (Å²) in [6.07, 6.45) is 3.71. The lowest BCUT2D eigenvalue weighted by molar-refractivity contribution is 0.153. The summed E-state index contributed by atoms with van der Waals surface area (Å²) in [6, 6.07) is 8.60. The summed E-state index contributed by atoms with van der Waals surface area (Å²) < 4.78 is 16.5. The van der Waals surface area contributed by atoms with Gasteiger partial charge in [-0.05, 0) is 35.4 Å². The van der Waals surface area contributed by atoms with Gasteiger partial charge in [0.2, 0.25) is 12.5 Å². The molecular formula is C18H21N3O3. The smallest absolute Gasteiger partial charge is 0.231 e. The van der Waals surface area contributed by atoms with Crippen LogP contribution in [0.3, 0.4) is 0 Å². The van der Waals surface area contributed by atoms with Gasteiger partial charge in [0.1, 0.15) is 0 Å². The molecule has 1 aromatic carbocycles. The van der Waals surface area contributed by atoms with E-state index in [0.717, 1.165) is 43.2 Å². The van der Waals surface area contributed by atoms with Crippen LogP contribution in [0.4, 0.5) is 0 Å². The van der Waals surface area contributed by atoms with Crippen molar-refractivity contribution >= 4 is 0 Å². The molecule has 6 nitrogen and oxygen atoms in total. The van der Waals surface area contributed by atoms with Crippen molar-refractivity contribution in [1.82, 2.24) is 15.2 Å². The standard InChI is InChI=1S/C18H21N3O3/c1-22-16-8-13(9-17-18(16)24-12-23-17)11-21-7-6-20-10-15(21)14-2-4-19-5-3-14/h2-5,8-9,15,20H,6-7,10-12H2,1H3. The average Bonchev–Trinajstić information content (AvgIpc) is 3.11. The summed E-state index contributed by atoms with van der Waals surface area (Å²) in [5, 5.41) is 3.48. The van der Waals surface area contributed by atoms with Crippen LogP contribution in [0.5, 0.6) is 17.2 Å². The number of rotatable bonds is 4. The molecule has 3 heterocycles. The minimum absolute atomic E-state index is 0.252. The normalized spacial score (nSPS) is 20.1. The predicted octanol–water partition coefficient (Wildman–Crippen LogP) is 1.97. The van der Waals surface area contributed by atoms with Crippen LogP contribution in [0.25, 0.3) is 0 Å². The highest BCUT2D eigenvalue weighted by atomic mass is 16.7. The van der Waals surface area contributed by atoms with Crippen molar-refractivity contribution in [3.05, 3.63) is 47.8 Å². The van der Waals surface area contributed by atoms with Gasteiger partial charge in [-0.3, -0.25) is 9.88 Å². The third-order valence-electron chi connectivity index (χ3n) is 4.55. The molecule has 24 heavy (non-hydrogen) atoms. The lowest BCUT2D eigenvalue weighted by atomic mass is 10.0. The van der Waals surface area contributed by atoms with Crippen LogP contribution in [0, 0.1) is 0 Å². The molecule has 2 aliphatic heterocycles. The van der Waals surface area contributed by atoms with Crippen molar-refractivity contribution in [2.24, 2.45) is 0 Å². The first-order valence-corrected chi connectivity index (χ1v) is 8.16. The van der Waals surface area contributed by atoms with Crippen LogP contribution in [-0.2, 0) is 6.54 Å². The van der Waals surface area contributed by atoms with Crippen LogP contribution in [0.1, 0.15) is 17.2 Å². The minimum atomic E-state index is 0.252. The number of aromatic nitrogens is 1. The molecule has 1 unspecified atom stereocenters. The Morgan fingerprint density at radius 3 is 3.00 bits per heavy atom. The van der Waals surface area contributed by atoms with E-state index in [1.165, 1.54) is 5.56 Å². The van der Waals surface area contributed by atoms with Gasteiger partial charge in [0.25, 0.3) is 0 Å². The Balaban J connectivity index is 1.59. The number of fused-ring (bicyclic) bond motifs is 1. The quantitative estimate of drug-likeness (QED) is 0.926. The van der Waals surface area contributed by atoms with E-state index in [4.69, 9.17) is 14.2 Å². The van der Waals surface area contributed by atoms with Crippen LogP contribution in [-0.4, -0.2) is 43.4 Å². The zero-order valence-corrected chi connectivity index (χ0v) is 13.7. The average molecular weight is 327 g/mol. The molecule has 0 aliphatic carbocycles. The summed E-state index contributed by atoms with van der Waals surface area (Å²) >= 11 is 0. The van der Waals surface area contributed by atoms with E-state index >= 15 is 0 Å². The van der Waals surface area contributed by atoms with Crippen molar-refractivity contribution in [3.63, 3.8) is 0 Å². The number of nitrogens with one attached hydrogen (secondary N) is 1. The van der Waals surface area contributed by atoms with Gasteiger partial charge in [0, 0.05) is 44.6 Å². The number of benzene rings is 1. The second kappa shape index (κ2) is 6.67. The minimum Gasteiger partial charge on any atom is -0.493 e. The molecule has 1 saturated heterocycles. The molecule has 126 valence electrons. The van der Waals surface area contributed by atoms with E-state index < -0.39 is 0 Å². The Hall–Kier alpha value is -2.31. The molecular weight excluding hydrogens is 306 g/mol. The van der Waals surface area contributed by atoms with Gasteiger partial charge in [-0.15, -0.1) is 0 Å². The second-order valence-electron chi connectivity index (χ2n) is 6.00. The van der Waals surface area contributed by atoms with Gasteiger partial charge in [-0.25, -0.2) is 0 Å². The van der Waals surface area contributed by atoms with Gasteiger partial charge in [0.15, 0.2) is 11.5 Å². The summed E-state index contributed by atoms with van der Waals surface area (Å²) in [4.78, 5) is 6.60. The lowest BCUT2D eigenvalue weighted by Gasteiger charge is -2.36. The number of nitrogens with zero attached hydrogens (tertiary/aromatic N) is 2. The Labute approximate surface area is 141 Å². The van der Waals surface area contributed by atoms with Gasteiger partial charge in [-0.1, -0.05) is 0 Å². The molecule has 0 spiro atoms. The molecule has 0 radical (unpaired) electrons. The van der Waals surface area contributed by atoms with Gasteiger partial charge in [0.05, 0.1) is 7.11 Å².